The highest BCUT2D eigenvalue weighted by molar-refractivity contribution is 5.92. The summed E-state index contributed by atoms with van der Waals surface area (Å²) in [5.41, 5.74) is 0.125. The van der Waals surface area contributed by atoms with E-state index in [1.165, 1.54) is 0 Å². The van der Waals surface area contributed by atoms with Crippen LogP contribution in [0.4, 0.5) is 0 Å². The predicted octanol–water partition coefficient (Wildman–Crippen LogP) is 1.73. The summed E-state index contributed by atoms with van der Waals surface area (Å²) in [6.07, 6.45) is 0. The molecule has 2 rings (SSSR count). The molecule has 0 saturated carbocycles. The third-order valence-electron chi connectivity index (χ3n) is 3.05. The molecule has 1 aliphatic heterocycles. The van der Waals surface area contributed by atoms with Crippen molar-refractivity contribution in [3.8, 4) is 6.07 Å². The molecular formula is C12H12N2O. The maximum atomic E-state index is 11.6. The lowest BCUT2D eigenvalue weighted by Crippen LogP contribution is -2.59. The van der Waals surface area contributed by atoms with Crippen molar-refractivity contribution in [1.82, 2.24) is 4.90 Å². The van der Waals surface area contributed by atoms with E-state index in [1.807, 2.05) is 30.3 Å². The van der Waals surface area contributed by atoms with Crippen LogP contribution in [0, 0.1) is 16.7 Å². The van der Waals surface area contributed by atoms with Gasteiger partial charge in [-0.05, 0) is 12.5 Å². The van der Waals surface area contributed by atoms with Gasteiger partial charge in [-0.25, -0.2) is 0 Å². The lowest BCUT2D eigenvalue weighted by Gasteiger charge is -2.49. The molecule has 1 fully saturated rings. The zero-order chi connectivity index (χ0) is 11.1. The Bertz CT molecular complexity index is 435. The summed E-state index contributed by atoms with van der Waals surface area (Å²) in [7, 11) is 1.74. The van der Waals surface area contributed by atoms with Gasteiger partial charge in [-0.15, -0.1) is 0 Å². The third kappa shape index (κ3) is 1.15. The summed E-state index contributed by atoms with van der Waals surface area (Å²) in [6, 6.07) is 11.7. The first-order chi connectivity index (χ1) is 7.11. The van der Waals surface area contributed by atoms with Crippen molar-refractivity contribution >= 4 is 5.91 Å². The lowest BCUT2D eigenvalue weighted by atomic mass is 9.71. The van der Waals surface area contributed by atoms with Crippen molar-refractivity contribution in [2.45, 2.75) is 13.0 Å². The quantitative estimate of drug-likeness (QED) is 0.648. The van der Waals surface area contributed by atoms with Crippen molar-refractivity contribution < 1.29 is 4.79 Å². The van der Waals surface area contributed by atoms with Crippen molar-refractivity contribution in [2.24, 2.45) is 5.41 Å². The maximum absolute atomic E-state index is 11.6. The lowest BCUT2D eigenvalue weighted by molar-refractivity contribution is -0.160. The van der Waals surface area contributed by atoms with Gasteiger partial charge in [-0.3, -0.25) is 4.79 Å². The number of carbonyl (C=O) groups is 1. The van der Waals surface area contributed by atoms with E-state index >= 15 is 0 Å². The zero-order valence-electron chi connectivity index (χ0n) is 8.77. The fourth-order valence-corrected chi connectivity index (χ4v) is 2.22. The molecule has 0 radical (unpaired) electrons. The second-order valence-corrected chi connectivity index (χ2v) is 4.04. The van der Waals surface area contributed by atoms with Gasteiger partial charge in [-0.1, -0.05) is 30.3 Å². The van der Waals surface area contributed by atoms with Crippen molar-refractivity contribution in [3.63, 3.8) is 0 Å². The van der Waals surface area contributed by atoms with Crippen LogP contribution >= 0.6 is 0 Å². The van der Waals surface area contributed by atoms with Crippen molar-refractivity contribution in [1.29, 1.82) is 5.26 Å². The molecule has 0 aliphatic carbocycles. The van der Waals surface area contributed by atoms with Gasteiger partial charge in [0.05, 0.1) is 12.1 Å². The molecule has 1 saturated heterocycles. The highest BCUT2D eigenvalue weighted by Crippen LogP contribution is 2.48. The Morgan fingerprint density at radius 1 is 1.40 bits per heavy atom. The minimum absolute atomic E-state index is 0.0983. The molecule has 2 atom stereocenters. The molecule has 2 unspecified atom stereocenters. The van der Waals surface area contributed by atoms with Crippen LogP contribution < -0.4 is 0 Å². The van der Waals surface area contributed by atoms with E-state index in [-0.39, 0.29) is 11.9 Å². The topological polar surface area (TPSA) is 44.1 Å². The van der Waals surface area contributed by atoms with Gasteiger partial charge in [0.25, 0.3) is 0 Å². The van der Waals surface area contributed by atoms with Crippen LogP contribution in [0.2, 0.25) is 0 Å². The van der Waals surface area contributed by atoms with Gasteiger partial charge < -0.3 is 4.90 Å². The number of hydrogen-bond acceptors (Lipinski definition) is 2. The Hall–Kier alpha value is -1.82. The molecule has 76 valence electrons. The van der Waals surface area contributed by atoms with Crippen molar-refractivity contribution in [2.75, 3.05) is 7.05 Å². The fraction of sp³-hybridized carbons (Fsp3) is 0.333. The summed E-state index contributed by atoms with van der Waals surface area (Å²) in [4.78, 5) is 13.2. The molecule has 0 aromatic heterocycles. The average molecular weight is 200 g/mol. The molecule has 0 spiro atoms. The standard InChI is InChI=1S/C12H12N2O/c1-12(8-13)10(14(2)11(12)15)9-6-4-3-5-7-9/h3-7,10H,1-2H3. The fourth-order valence-electron chi connectivity index (χ4n) is 2.22. The SMILES string of the molecule is CN1C(=O)C(C)(C#N)C1c1ccccc1. The first-order valence-corrected chi connectivity index (χ1v) is 4.84. The Balaban J connectivity index is 2.40. The number of carbonyl (C=O) groups excluding carboxylic acids is 1. The van der Waals surface area contributed by atoms with E-state index < -0.39 is 5.41 Å². The molecule has 15 heavy (non-hydrogen) atoms. The first-order valence-electron chi connectivity index (χ1n) is 4.84. The molecule has 1 aromatic rings. The number of benzene rings is 1. The van der Waals surface area contributed by atoms with E-state index in [0.717, 1.165) is 5.56 Å². The molecule has 1 aliphatic rings. The molecule has 1 aromatic carbocycles. The average Bonchev–Trinajstić information content (AvgIpc) is 2.29. The normalized spacial score (nSPS) is 29.5. The van der Waals surface area contributed by atoms with Gasteiger partial charge in [-0.2, -0.15) is 5.26 Å². The molecular weight excluding hydrogens is 188 g/mol. The smallest absolute Gasteiger partial charge is 0.245 e. The van der Waals surface area contributed by atoms with Crippen LogP contribution in [-0.2, 0) is 4.79 Å². The second kappa shape index (κ2) is 3.09. The molecule has 3 nitrogen and oxygen atoms in total. The number of nitriles is 1. The highest BCUT2D eigenvalue weighted by atomic mass is 16.2. The largest absolute Gasteiger partial charge is 0.335 e. The van der Waals surface area contributed by atoms with Crippen LogP contribution in [0.1, 0.15) is 18.5 Å². The molecule has 1 amide bonds. The van der Waals surface area contributed by atoms with Gasteiger partial charge in [0.1, 0.15) is 0 Å². The van der Waals surface area contributed by atoms with Gasteiger partial charge in [0.15, 0.2) is 5.41 Å². The number of amides is 1. The van der Waals surface area contributed by atoms with E-state index in [0.29, 0.717) is 0 Å². The van der Waals surface area contributed by atoms with Gasteiger partial charge in [0.2, 0.25) is 5.91 Å². The predicted molar refractivity (Wildman–Crippen MR) is 55.7 cm³/mol. The number of likely N-dealkylation sites (tertiary alicyclic amines) is 1. The zero-order valence-corrected chi connectivity index (χ0v) is 8.77. The van der Waals surface area contributed by atoms with Crippen molar-refractivity contribution in [3.05, 3.63) is 35.9 Å². The van der Waals surface area contributed by atoms with Gasteiger partial charge in [0, 0.05) is 7.05 Å². The molecule has 0 bridgehead atoms. The third-order valence-corrected chi connectivity index (χ3v) is 3.05. The van der Waals surface area contributed by atoms with E-state index in [9.17, 15) is 4.79 Å². The Morgan fingerprint density at radius 2 is 2.00 bits per heavy atom. The van der Waals surface area contributed by atoms with Crippen LogP contribution in [0.15, 0.2) is 30.3 Å². The van der Waals surface area contributed by atoms with E-state index in [1.54, 1.807) is 18.9 Å². The molecule has 1 heterocycles. The first kappa shape index (κ1) is 9.72. The highest BCUT2D eigenvalue weighted by Gasteiger charge is 2.57. The van der Waals surface area contributed by atoms with Crippen LogP contribution in [-0.4, -0.2) is 17.9 Å². The Morgan fingerprint density at radius 3 is 2.53 bits per heavy atom. The number of β-lactam (4-membered cyclic amide) rings is 1. The Kier molecular flexibility index (Phi) is 2.01. The number of rotatable bonds is 1. The number of hydrogen-bond donors (Lipinski definition) is 0. The summed E-state index contributed by atoms with van der Waals surface area (Å²) < 4.78 is 0. The summed E-state index contributed by atoms with van der Waals surface area (Å²) in [5, 5.41) is 9.07. The summed E-state index contributed by atoms with van der Waals surface area (Å²) in [5.74, 6) is -0.0983. The van der Waals surface area contributed by atoms with Crippen LogP contribution in [0.3, 0.4) is 0 Å². The summed E-state index contributed by atoms with van der Waals surface area (Å²) in [6.45, 7) is 1.70. The monoisotopic (exact) mass is 200 g/mol. The van der Waals surface area contributed by atoms with E-state index in [2.05, 4.69) is 6.07 Å². The van der Waals surface area contributed by atoms with Crippen LogP contribution in [0.5, 0.6) is 0 Å². The minimum atomic E-state index is -0.893. The molecule has 0 N–H and O–H groups in total. The van der Waals surface area contributed by atoms with Gasteiger partial charge >= 0.3 is 0 Å². The summed E-state index contributed by atoms with van der Waals surface area (Å²) >= 11 is 0. The maximum Gasteiger partial charge on any atom is 0.245 e. The number of nitrogens with zero attached hydrogens (tertiary/aromatic N) is 2. The van der Waals surface area contributed by atoms with Crippen LogP contribution in [0.25, 0.3) is 0 Å². The van der Waals surface area contributed by atoms with E-state index in [4.69, 9.17) is 5.26 Å². The minimum Gasteiger partial charge on any atom is -0.335 e. The Labute approximate surface area is 88.9 Å². The second-order valence-electron chi connectivity index (χ2n) is 4.04. The molecule has 3 heteroatoms.